The molecule has 0 saturated heterocycles. The third-order valence-electron chi connectivity index (χ3n) is 2.21. The molecule has 1 rings (SSSR count). The number of carbonyl (C=O) groups is 1. The zero-order valence-electron chi connectivity index (χ0n) is 10.2. The van der Waals surface area contributed by atoms with Gasteiger partial charge in [-0.15, -0.1) is 0 Å². The van der Waals surface area contributed by atoms with Gasteiger partial charge in [-0.05, 0) is 19.1 Å². The van der Waals surface area contributed by atoms with Gasteiger partial charge in [0.25, 0.3) is 5.91 Å². The predicted octanol–water partition coefficient (Wildman–Crippen LogP) is 0.814. The molecule has 0 bridgehead atoms. The predicted molar refractivity (Wildman–Crippen MR) is 63.6 cm³/mol. The van der Waals surface area contributed by atoms with Crippen LogP contribution in [0.25, 0.3) is 0 Å². The Morgan fingerprint density at radius 3 is 2.65 bits per heavy atom. The number of methoxy groups -OCH3 is 2. The molecule has 94 valence electrons. The van der Waals surface area contributed by atoms with E-state index in [4.69, 9.17) is 14.6 Å². The molecule has 5 heteroatoms. The molecule has 17 heavy (non-hydrogen) atoms. The van der Waals surface area contributed by atoms with Gasteiger partial charge in [0.2, 0.25) is 0 Å². The number of carbonyl (C=O) groups excluding carboxylic acids is 1. The summed E-state index contributed by atoms with van der Waals surface area (Å²) in [6.07, 6.45) is -0.580. The molecule has 0 aromatic heterocycles. The summed E-state index contributed by atoms with van der Waals surface area (Å²) in [7, 11) is 3.03. The van der Waals surface area contributed by atoms with Gasteiger partial charge in [-0.2, -0.15) is 0 Å². The number of amides is 1. The highest BCUT2D eigenvalue weighted by Crippen LogP contribution is 2.24. The lowest BCUT2D eigenvalue weighted by Gasteiger charge is -2.11. The van der Waals surface area contributed by atoms with Crippen molar-refractivity contribution in [3.8, 4) is 11.5 Å². The van der Waals surface area contributed by atoms with E-state index in [1.807, 2.05) is 0 Å². The number of rotatable bonds is 5. The average molecular weight is 239 g/mol. The molecule has 1 aromatic carbocycles. The first kappa shape index (κ1) is 13.3. The van der Waals surface area contributed by atoms with Crippen molar-refractivity contribution in [1.29, 1.82) is 0 Å². The molecule has 0 aliphatic rings. The quantitative estimate of drug-likeness (QED) is 0.798. The van der Waals surface area contributed by atoms with Crippen molar-refractivity contribution in [2.75, 3.05) is 20.8 Å². The van der Waals surface area contributed by atoms with E-state index in [1.54, 1.807) is 32.2 Å². The molecule has 5 nitrogen and oxygen atoms in total. The van der Waals surface area contributed by atoms with Gasteiger partial charge in [0.15, 0.2) is 0 Å². The van der Waals surface area contributed by atoms with E-state index in [0.29, 0.717) is 17.1 Å². The van der Waals surface area contributed by atoms with Crippen LogP contribution in [0.3, 0.4) is 0 Å². The third-order valence-corrected chi connectivity index (χ3v) is 2.21. The van der Waals surface area contributed by atoms with Gasteiger partial charge in [0.05, 0.1) is 25.9 Å². The maximum absolute atomic E-state index is 11.8. The molecule has 1 unspecified atom stereocenters. The molecule has 1 atom stereocenters. The first-order valence-electron chi connectivity index (χ1n) is 5.26. The summed E-state index contributed by atoms with van der Waals surface area (Å²) in [6.45, 7) is 1.81. The normalized spacial score (nSPS) is 11.8. The molecular formula is C12H17NO4. The Morgan fingerprint density at radius 2 is 2.12 bits per heavy atom. The number of benzene rings is 1. The Morgan fingerprint density at radius 1 is 1.41 bits per heavy atom. The average Bonchev–Trinajstić information content (AvgIpc) is 2.34. The largest absolute Gasteiger partial charge is 0.497 e. The van der Waals surface area contributed by atoms with Crippen LogP contribution in [0.4, 0.5) is 0 Å². The van der Waals surface area contributed by atoms with Crippen LogP contribution in [0.5, 0.6) is 11.5 Å². The van der Waals surface area contributed by atoms with Gasteiger partial charge in [-0.1, -0.05) is 0 Å². The first-order valence-corrected chi connectivity index (χ1v) is 5.26. The van der Waals surface area contributed by atoms with Crippen LogP contribution in [0, 0.1) is 0 Å². The minimum Gasteiger partial charge on any atom is -0.497 e. The number of aliphatic hydroxyl groups excluding tert-OH is 1. The molecule has 0 saturated carbocycles. The number of nitrogens with one attached hydrogen (secondary N) is 1. The van der Waals surface area contributed by atoms with Crippen LogP contribution in [-0.2, 0) is 0 Å². The van der Waals surface area contributed by atoms with Crippen LogP contribution < -0.4 is 14.8 Å². The van der Waals surface area contributed by atoms with Crippen LogP contribution in [-0.4, -0.2) is 37.9 Å². The lowest BCUT2D eigenvalue weighted by atomic mass is 10.1. The summed E-state index contributed by atoms with van der Waals surface area (Å²) in [4.78, 5) is 11.8. The van der Waals surface area contributed by atoms with Crippen LogP contribution in [0.2, 0.25) is 0 Å². The third kappa shape index (κ3) is 3.64. The van der Waals surface area contributed by atoms with E-state index in [-0.39, 0.29) is 12.5 Å². The summed E-state index contributed by atoms with van der Waals surface area (Å²) in [5.74, 6) is 0.770. The van der Waals surface area contributed by atoms with Crippen molar-refractivity contribution in [3.05, 3.63) is 23.8 Å². The Labute approximate surface area is 100 Å². The highest BCUT2D eigenvalue weighted by atomic mass is 16.5. The van der Waals surface area contributed by atoms with E-state index in [2.05, 4.69) is 5.32 Å². The van der Waals surface area contributed by atoms with Gasteiger partial charge >= 0.3 is 0 Å². The topological polar surface area (TPSA) is 67.8 Å². The first-order chi connectivity index (χ1) is 8.08. The summed E-state index contributed by atoms with van der Waals surface area (Å²) in [5, 5.41) is 11.7. The van der Waals surface area contributed by atoms with Crippen molar-refractivity contribution in [2.24, 2.45) is 0 Å². The molecule has 0 heterocycles. The van der Waals surface area contributed by atoms with Crippen LogP contribution >= 0.6 is 0 Å². The smallest absolute Gasteiger partial charge is 0.255 e. The minimum atomic E-state index is -0.580. The van der Waals surface area contributed by atoms with Crippen LogP contribution in [0.15, 0.2) is 18.2 Å². The number of hydrogen-bond donors (Lipinski definition) is 2. The molecular weight excluding hydrogens is 222 g/mol. The highest BCUT2D eigenvalue weighted by Gasteiger charge is 2.13. The van der Waals surface area contributed by atoms with Gasteiger partial charge in [-0.25, -0.2) is 0 Å². The summed E-state index contributed by atoms with van der Waals surface area (Å²) in [6, 6.07) is 4.94. The second kappa shape index (κ2) is 6.10. The Bertz CT molecular complexity index is 390. The number of ether oxygens (including phenoxy) is 2. The monoisotopic (exact) mass is 239 g/mol. The van der Waals surface area contributed by atoms with E-state index in [1.165, 1.54) is 7.11 Å². The second-order valence-electron chi connectivity index (χ2n) is 3.63. The highest BCUT2D eigenvalue weighted by molar-refractivity contribution is 5.97. The molecule has 0 radical (unpaired) electrons. The van der Waals surface area contributed by atoms with E-state index in [0.717, 1.165) is 0 Å². The number of aliphatic hydroxyl groups is 1. The molecule has 1 aromatic rings. The van der Waals surface area contributed by atoms with Gasteiger partial charge < -0.3 is 19.9 Å². The van der Waals surface area contributed by atoms with Crippen molar-refractivity contribution < 1.29 is 19.4 Å². The van der Waals surface area contributed by atoms with Crippen molar-refractivity contribution in [1.82, 2.24) is 5.32 Å². The molecule has 1 amide bonds. The molecule has 0 fully saturated rings. The fourth-order valence-corrected chi connectivity index (χ4v) is 1.32. The fourth-order valence-electron chi connectivity index (χ4n) is 1.32. The van der Waals surface area contributed by atoms with Crippen molar-refractivity contribution in [3.63, 3.8) is 0 Å². The van der Waals surface area contributed by atoms with Gasteiger partial charge in [0.1, 0.15) is 11.5 Å². The lowest BCUT2D eigenvalue weighted by Crippen LogP contribution is -2.30. The standard InChI is InChI=1S/C12H17NO4/c1-8(14)7-13-12(15)10-5-4-9(16-2)6-11(10)17-3/h4-6,8,14H,7H2,1-3H3,(H,13,15). The van der Waals surface area contributed by atoms with E-state index in [9.17, 15) is 4.79 Å². The van der Waals surface area contributed by atoms with Crippen LogP contribution in [0.1, 0.15) is 17.3 Å². The fraction of sp³-hybridized carbons (Fsp3) is 0.417. The molecule has 0 aliphatic carbocycles. The zero-order valence-corrected chi connectivity index (χ0v) is 10.2. The summed E-state index contributed by atoms with van der Waals surface area (Å²) in [5.41, 5.74) is 0.411. The zero-order chi connectivity index (χ0) is 12.8. The Hall–Kier alpha value is -1.75. The van der Waals surface area contributed by atoms with E-state index >= 15 is 0 Å². The Kier molecular flexibility index (Phi) is 4.78. The van der Waals surface area contributed by atoms with Crippen molar-refractivity contribution in [2.45, 2.75) is 13.0 Å². The molecule has 0 spiro atoms. The minimum absolute atomic E-state index is 0.202. The van der Waals surface area contributed by atoms with Gasteiger partial charge in [0, 0.05) is 12.6 Å². The van der Waals surface area contributed by atoms with E-state index < -0.39 is 6.10 Å². The lowest BCUT2D eigenvalue weighted by molar-refractivity contribution is 0.0921. The van der Waals surface area contributed by atoms with Gasteiger partial charge in [-0.3, -0.25) is 4.79 Å². The number of hydrogen-bond acceptors (Lipinski definition) is 4. The Balaban J connectivity index is 2.85. The maximum Gasteiger partial charge on any atom is 0.255 e. The summed E-state index contributed by atoms with van der Waals surface area (Å²) >= 11 is 0. The SMILES string of the molecule is COc1ccc(C(=O)NCC(C)O)c(OC)c1. The molecule has 0 aliphatic heterocycles. The maximum atomic E-state index is 11.8. The summed E-state index contributed by atoms with van der Waals surface area (Å²) < 4.78 is 10.2. The van der Waals surface area contributed by atoms with Crippen molar-refractivity contribution >= 4 is 5.91 Å². The molecule has 2 N–H and O–H groups in total. The second-order valence-corrected chi connectivity index (χ2v) is 3.63.